The van der Waals surface area contributed by atoms with Crippen molar-refractivity contribution < 1.29 is 5.11 Å². The van der Waals surface area contributed by atoms with Gasteiger partial charge in [-0.2, -0.15) is 0 Å². The summed E-state index contributed by atoms with van der Waals surface area (Å²) < 4.78 is 0. The third-order valence-electron chi connectivity index (χ3n) is 3.34. The van der Waals surface area contributed by atoms with E-state index in [-0.39, 0.29) is 17.4 Å². The predicted molar refractivity (Wildman–Crippen MR) is 82.6 cm³/mol. The van der Waals surface area contributed by atoms with Gasteiger partial charge in [0.15, 0.2) is 0 Å². The quantitative estimate of drug-likeness (QED) is 0.816. The number of nitrogens with one attached hydrogen (secondary N) is 1. The highest BCUT2D eigenvalue weighted by Gasteiger charge is 2.20. The van der Waals surface area contributed by atoms with Crippen LogP contribution in [0, 0.1) is 0 Å². The maximum atomic E-state index is 8.85. The van der Waals surface area contributed by atoms with Crippen LogP contribution in [0.15, 0.2) is 18.2 Å². The highest BCUT2D eigenvalue weighted by atomic mass is 16.3. The van der Waals surface area contributed by atoms with Gasteiger partial charge in [-0.05, 0) is 27.5 Å². The van der Waals surface area contributed by atoms with Crippen molar-refractivity contribution in [3.8, 4) is 0 Å². The van der Waals surface area contributed by atoms with Gasteiger partial charge in [0.1, 0.15) is 0 Å². The Morgan fingerprint density at radius 3 is 1.74 bits per heavy atom. The molecule has 0 atom stereocenters. The van der Waals surface area contributed by atoms with Gasteiger partial charge in [-0.1, -0.05) is 59.7 Å². The average Bonchev–Trinajstić information content (AvgIpc) is 2.27. The topological polar surface area (TPSA) is 32.3 Å². The maximum Gasteiger partial charge on any atom is 0.0556 e. The molecule has 0 spiro atoms. The van der Waals surface area contributed by atoms with Gasteiger partial charge in [0.05, 0.1) is 6.61 Å². The number of aliphatic hydroxyl groups excluding tert-OH is 1. The number of benzene rings is 1. The summed E-state index contributed by atoms with van der Waals surface area (Å²) in [6.45, 7) is 15.1. The van der Waals surface area contributed by atoms with Crippen LogP contribution in [0.5, 0.6) is 0 Å². The second kappa shape index (κ2) is 6.06. The molecule has 1 rings (SSSR count). The third kappa shape index (κ3) is 4.96. The Hall–Kier alpha value is -0.860. The van der Waals surface area contributed by atoms with Crippen LogP contribution in [0.25, 0.3) is 0 Å². The Balaban J connectivity index is 3.10. The summed E-state index contributed by atoms with van der Waals surface area (Å²) in [5, 5.41) is 12.1. The minimum Gasteiger partial charge on any atom is -0.395 e. The van der Waals surface area contributed by atoms with Crippen molar-refractivity contribution in [2.45, 2.75) is 58.9 Å². The van der Waals surface area contributed by atoms with Crippen molar-refractivity contribution in [3.63, 3.8) is 0 Å². The van der Waals surface area contributed by atoms with Crippen LogP contribution in [0.4, 0.5) is 0 Å². The molecule has 0 radical (unpaired) electrons. The number of hydrogen-bond acceptors (Lipinski definition) is 2. The van der Waals surface area contributed by atoms with Crippen LogP contribution < -0.4 is 5.32 Å². The zero-order valence-electron chi connectivity index (χ0n) is 13.3. The first-order chi connectivity index (χ1) is 8.64. The number of hydrogen-bond donors (Lipinski definition) is 2. The summed E-state index contributed by atoms with van der Waals surface area (Å²) in [7, 11) is 0. The zero-order valence-corrected chi connectivity index (χ0v) is 13.3. The standard InChI is InChI=1S/C17H29NO/c1-16(2,3)14-9-13(12-18-7-8-19)10-15(11-14)17(4,5)6/h9-11,18-19H,7-8,12H2,1-6H3. The Morgan fingerprint density at radius 1 is 0.895 bits per heavy atom. The monoisotopic (exact) mass is 263 g/mol. The van der Waals surface area contributed by atoms with E-state index in [2.05, 4.69) is 65.1 Å². The van der Waals surface area contributed by atoms with Gasteiger partial charge in [-0.15, -0.1) is 0 Å². The second-order valence-corrected chi connectivity index (χ2v) is 7.32. The first-order valence-electron chi connectivity index (χ1n) is 7.11. The predicted octanol–water partition coefficient (Wildman–Crippen LogP) is 3.36. The Bertz CT molecular complexity index is 378. The Morgan fingerprint density at radius 2 is 1.37 bits per heavy atom. The molecule has 0 unspecified atom stereocenters. The normalized spacial score (nSPS) is 12.8. The van der Waals surface area contributed by atoms with Crippen LogP contribution in [-0.2, 0) is 17.4 Å². The van der Waals surface area contributed by atoms with Gasteiger partial charge in [0.25, 0.3) is 0 Å². The fourth-order valence-corrected chi connectivity index (χ4v) is 1.97. The van der Waals surface area contributed by atoms with Crippen molar-refractivity contribution in [2.75, 3.05) is 13.2 Å². The van der Waals surface area contributed by atoms with E-state index in [0.717, 1.165) is 6.54 Å². The molecule has 0 fully saturated rings. The van der Waals surface area contributed by atoms with E-state index >= 15 is 0 Å². The first kappa shape index (κ1) is 16.2. The molecule has 19 heavy (non-hydrogen) atoms. The van der Waals surface area contributed by atoms with Gasteiger partial charge < -0.3 is 10.4 Å². The van der Waals surface area contributed by atoms with Crippen molar-refractivity contribution >= 4 is 0 Å². The molecule has 0 aliphatic heterocycles. The highest BCUT2D eigenvalue weighted by Crippen LogP contribution is 2.30. The van der Waals surface area contributed by atoms with Crippen molar-refractivity contribution in [1.29, 1.82) is 0 Å². The minimum absolute atomic E-state index is 0.160. The van der Waals surface area contributed by atoms with E-state index < -0.39 is 0 Å². The van der Waals surface area contributed by atoms with Crippen LogP contribution in [0.1, 0.15) is 58.2 Å². The SMILES string of the molecule is CC(C)(C)c1cc(CNCCO)cc(C(C)(C)C)c1. The van der Waals surface area contributed by atoms with Crippen molar-refractivity contribution in [1.82, 2.24) is 5.32 Å². The van der Waals surface area contributed by atoms with E-state index in [1.54, 1.807) is 0 Å². The fourth-order valence-electron chi connectivity index (χ4n) is 1.97. The molecule has 0 amide bonds. The zero-order chi connectivity index (χ0) is 14.7. The number of aliphatic hydroxyl groups is 1. The van der Waals surface area contributed by atoms with Crippen molar-refractivity contribution in [3.05, 3.63) is 34.9 Å². The van der Waals surface area contributed by atoms with Crippen LogP contribution in [0.3, 0.4) is 0 Å². The molecule has 108 valence electrons. The Kier molecular flexibility index (Phi) is 5.17. The fraction of sp³-hybridized carbons (Fsp3) is 0.647. The lowest BCUT2D eigenvalue weighted by Crippen LogP contribution is -2.20. The molecular formula is C17H29NO. The second-order valence-electron chi connectivity index (χ2n) is 7.32. The molecule has 0 saturated heterocycles. The Labute approximate surface area is 118 Å². The molecule has 2 N–H and O–H groups in total. The van der Waals surface area contributed by atoms with E-state index in [4.69, 9.17) is 5.11 Å². The third-order valence-corrected chi connectivity index (χ3v) is 3.34. The molecule has 1 aromatic carbocycles. The maximum absolute atomic E-state index is 8.85. The summed E-state index contributed by atoms with van der Waals surface area (Å²) in [4.78, 5) is 0. The summed E-state index contributed by atoms with van der Waals surface area (Å²) in [5.74, 6) is 0. The minimum atomic E-state index is 0.160. The largest absolute Gasteiger partial charge is 0.395 e. The van der Waals surface area contributed by atoms with E-state index in [0.29, 0.717) is 6.54 Å². The molecule has 0 aliphatic carbocycles. The van der Waals surface area contributed by atoms with Crippen LogP contribution >= 0.6 is 0 Å². The number of rotatable bonds is 4. The molecule has 0 bridgehead atoms. The molecule has 2 nitrogen and oxygen atoms in total. The smallest absolute Gasteiger partial charge is 0.0556 e. The summed E-state index contributed by atoms with van der Waals surface area (Å²) in [6.07, 6.45) is 0. The van der Waals surface area contributed by atoms with Crippen LogP contribution in [0.2, 0.25) is 0 Å². The van der Waals surface area contributed by atoms with E-state index in [1.165, 1.54) is 16.7 Å². The van der Waals surface area contributed by atoms with Gasteiger partial charge in [-0.3, -0.25) is 0 Å². The average molecular weight is 263 g/mol. The van der Waals surface area contributed by atoms with Gasteiger partial charge in [-0.25, -0.2) is 0 Å². The lowest BCUT2D eigenvalue weighted by Gasteiger charge is -2.26. The highest BCUT2D eigenvalue weighted by molar-refractivity contribution is 5.37. The van der Waals surface area contributed by atoms with E-state index in [9.17, 15) is 0 Å². The molecule has 0 heterocycles. The van der Waals surface area contributed by atoms with Crippen molar-refractivity contribution in [2.24, 2.45) is 0 Å². The molecule has 0 aromatic heterocycles. The molecule has 2 heteroatoms. The molecule has 0 aliphatic rings. The summed E-state index contributed by atoms with van der Waals surface area (Å²) in [6, 6.07) is 6.88. The lowest BCUT2D eigenvalue weighted by atomic mass is 9.79. The van der Waals surface area contributed by atoms with E-state index in [1.807, 2.05) is 0 Å². The molecule has 1 aromatic rings. The van der Waals surface area contributed by atoms with Gasteiger partial charge >= 0.3 is 0 Å². The van der Waals surface area contributed by atoms with Gasteiger partial charge in [0.2, 0.25) is 0 Å². The van der Waals surface area contributed by atoms with Crippen LogP contribution in [-0.4, -0.2) is 18.3 Å². The first-order valence-corrected chi connectivity index (χ1v) is 7.11. The lowest BCUT2D eigenvalue weighted by molar-refractivity contribution is 0.292. The summed E-state index contributed by atoms with van der Waals surface area (Å²) in [5.41, 5.74) is 4.37. The molecular weight excluding hydrogens is 234 g/mol. The van der Waals surface area contributed by atoms with Gasteiger partial charge in [0, 0.05) is 13.1 Å². The summed E-state index contributed by atoms with van der Waals surface area (Å²) >= 11 is 0. The molecule has 0 saturated carbocycles.